The Kier molecular flexibility index (Phi) is 4.77. The summed E-state index contributed by atoms with van der Waals surface area (Å²) in [6, 6.07) is 0. The van der Waals surface area contributed by atoms with E-state index in [1.54, 1.807) is 0 Å². The molecule has 0 aromatic rings. The van der Waals surface area contributed by atoms with E-state index in [0.29, 0.717) is 18.9 Å². The van der Waals surface area contributed by atoms with Crippen LogP contribution in [0.15, 0.2) is 0 Å². The molecule has 0 spiro atoms. The molecule has 1 rings (SSSR count). The van der Waals surface area contributed by atoms with Crippen LogP contribution in [0, 0.1) is 11.8 Å². The molecular weight excluding hydrogens is 206 g/mol. The number of amides is 1. The number of hydrogen-bond donors (Lipinski definition) is 1. The fourth-order valence-corrected chi connectivity index (χ4v) is 2.04. The molecule has 4 nitrogen and oxygen atoms in total. The normalized spacial score (nSPS) is 22.1. The highest BCUT2D eigenvalue weighted by Gasteiger charge is 2.27. The summed E-state index contributed by atoms with van der Waals surface area (Å²) in [6.07, 6.45) is 2.63. The molecule has 1 saturated heterocycles. The summed E-state index contributed by atoms with van der Waals surface area (Å²) in [5, 5.41) is 8.68. The van der Waals surface area contributed by atoms with Gasteiger partial charge >= 0.3 is 5.97 Å². The lowest BCUT2D eigenvalue weighted by Crippen LogP contribution is -2.30. The lowest BCUT2D eigenvalue weighted by molar-refractivity contribution is -0.138. The number of hydrogen-bond acceptors (Lipinski definition) is 2. The van der Waals surface area contributed by atoms with Crippen LogP contribution in [0.25, 0.3) is 0 Å². The van der Waals surface area contributed by atoms with E-state index in [1.807, 2.05) is 4.90 Å². The Hall–Kier alpha value is -1.06. The second kappa shape index (κ2) is 5.87. The van der Waals surface area contributed by atoms with Crippen LogP contribution in [0.3, 0.4) is 0 Å². The Morgan fingerprint density at radius 3 is 2.75 bits per heavy atom. The molecule has 0 aromatic carbocycles. The lowest BCUT2D eigenvalue weighted by Gasteiger charge is -2.18. The Morgan fingerprint density at radius 1 is 1.50 bits per heavy atom. The van der Waals surface area contributed by atoms with E-state index in [2.05, 4.69) is 13.8 Å². The highest BCUT2D eigenvalue weighted by Crippen LogP contribution is 2.21. The van der Waals surface area contributed by atoms with E-state index in [4.69, 9.17) is 5.11 Å². The molecule has 16 heavy (non-hydrogen) atoms. The summed E-state index contributed by atoms with van der Waals surface area (Å²) in [5.41, 5.74) is 0. The molecule has 4 heteroatoms. The van der Waals surface area contributed by atoms with E-state index in [-0.39, 0.29) is 18.2 Å². The fourth-order valence-electron chi connectivity index (χ4n) is 2.04. The molecule has 0 aromatic heterocycles. The molecule has 2 unspecified atom stereocenters. The van der Waals surface area contributed by atoms with Crippen molar-refractivity contribution >= 4 is 11.9 Å². The van der Waals surface area contributed by atoms with E-state index < -0.39 is 5.97 Å². The molecule has 1 fully saturated rings. The molecule has 1 N–H and O–H groups in total. The molecule has 1 heterocycles. The Balaban J connectivity index is 2.34. The quantitative estimate of drug-likeness (QED) is 0.778. The van der Waals surface area contributed by atoms with Crippen molar-refractivity contribution in [2.75, 3.05) is 13.1 Å². The zero-order valence-electron chi connectivity index (χ0n) is 10.1. The third-order valence-corrected chi connectivity index (χ3v) is 3.32. The number of aliphatic carboxylic acids is 1. The van der Waals surface area contributed by atoms with Gasteiger partial charge in [0.2, 0.25) is 5.91 Å². The highest BCUT2D eigenvalue weighted by atomic mass is 16.4. The summed E-state index contributed by atoms with van der Waals surface area (Å²) in [6.45, 7) is 5.51. The van der Waals surface area contributed by atoms with Gasteiger partial charge in [0.25, 0.3) is 0 Å². The van der Waals surface area contributed by atoms with Gasteiger partial charge < -0.3 is 10.0 Å². The zero-order chi connectivity index (χ0) is 12.1. The minimum absolute atomic E-state index is 0.151. The molecule has 2 atom stereocenters. The molecule has 1 amide bonds. The van der Waals surface area contributed by atoms with Crippen molar-refractivity contribution in [1.29, 1.82) is 0 Å². The number of carbonyl (C=O) groups excluding carboxylic acids is 1. The van der Waals surface area contributed by atoms with Gasteiger partial charge in [-0.15, -0.1) is 0 Å². The van der Waals surface area contributed by atoms with Crippen molar-refractivity contribution in [2.24, 2.45) is 11.8 Å². The van der Waals surface area contributed by atoms with Gasteiger partial charge in [-0.3, -0.25) is 9.59 Å². The van der Waals surface area contributed by atoms with E-state index in [0.717, 1.165) is 19.4 Å². The number of carbonyl (C=O) groups is 2. The molecule has 0 saturated carbocycles. The number of likely N-dealkylation sites (tertiary alicyclic amines) is 1. The predicted molar refractivity (Wildman–Crippen MR) is 61.0 cm³/mol. The molecular formula is C12H21NO3. The van der Waals surface area contributed by atoms with E-state index >= 15 is 0 Å². The molecule has 1 aliphatic heterocycles. The molecule has 0 aliphatic carbocycles. The van der Waals surface area contributed by atoms with Crippen LogP contribution < -0.4 is 0 Å². The average molecular weight is 227 g/mol. The monoisotopic (exact) mass is 227 g/mol. The van der Waals surface area contributed by atoms with Gasteiger partial charge in [-0.1, -0.05) is 20.3 Å². The van der Waals surface area contributed by atoms with Gasteiger partial charge in [-0.25, -0.2) is 0 Å². The Morgan fingerprint density at radius 2 is 2.19 bits per heavy atom. The first-order valence-electron chi connectivity index (χ1n) is 6.02. The van der Waals surface area contributed by atoms with Crippen LogP contribution >= 0.6 is 0 Å². The van der Waals surface area contributed by atoms with Gasteiger partial charge in [0, 0.05) is 25.9 Å². The van der Waals surface area contributed by atoms with Crippen LogP contribution in [0.4, 0.5) is 0 Å². The van der Waals surface area contributed by atoms with Crippen molar-refractivity contribution in [3.05, 3.63) is 0 Å². The van der Waals surface area contributed by atoms with Crippen LogP contribution in [-0.4, -0.2) is 35.0 Å². The van der Waals surface area contributed by atoms with Crippen LogP contribution in [-0.2, 0) is 9.59 Å². The number of carboxylic acids is 1. The van der Waals surface area contributed by atoms with Crippen molar-refractivity contribution in [3.8, 4) is 0 Å². The Bertz CT molecular complexity index is 265. The first-order chi connectivity index (χ1) is 7.52. The minimum atomic E-state index is -0.763. The third-order valence-electron chi connectivity index (χ3n) is 3.32. The number of rotatable bonds is 5. The zero-order valence-corrected chi connectivity index (χ0v) is 10.1. The molecule has 0 radical (unpaired) electrons. The molecule has 1 aliphatic rings. The van der Waals surface area contributed by atoms with Gasteiger partial charge in [-0.2, -0.15) is 0 Å². The predicted octanol–water partition coefficient (Wildman–Crippen LogP) is 1.75. The van der Waals surface area contributed by atoms with Gasteiger partial charge in [-0.05, 0) is 18.3 Å². The van der Waals surface area contributed by atoms with Crippen LogP contribution in [0.2, 0.25) is 0 Å². The van der Waals surface area contributed by atoms with Crippen LogP contribution in [0.1, 0.15) is 39.5 Å². The number of nitrogens with zero attached hydrogens (tertiary/aromatic N) is 1. The molecule has 92 valence electrons. The van der Waals surface area contributed by atoms with Gasteiger partial charge in [0.05, 0.1) is 0 Å². The second-order valence-electron chi connectivity index (χ2n) is 4.81. The van der Waals surface area contributed by atoms with E-state index in [9.17, 15) is 9.59 Å². The van der Waals surface area contributed by atoms with Crippen molar-refractivity contribution in [2.45, 2.75) is 39.5 Å². The highest BCUT2D eigenvalue weighted by molar-refractivity contribution is 5.77. The van der Waals surface area contributed by atoms with Gasteiger partial charge in [0.15, 0.2) is 0 Å². The smallest absolute Gasteiger partial charge is 0.303 e. The van der Waals surface area contributed by atoms with E-state index in [1.165, 1.54) is 0 Å². The second-order valence-corrected chi connectivity index (χ2v) is 4.81. The largest absolute Gasteiger partial charge is 0.481 e. The van der Waals surface area contributed by atoms with Crippen molar-refractivity contribution < 1.29 is 14.7 Å². The van der Waals surface area contributed by atoms with Crippen molar-refractivity contribution in [1.82, 2.24) is 4.90 Å². The molecule has 0 bridgehead atoms. The fraction of sp³-hybridized carbons (Fsp3) is 0.833. The SMILES string of the molecule is CCC(C)CC(=O)N1CCC(CC(=O)O)C1. The average Bonchev–Trinajstić information content (AvgIpc) is 2.65. The maximum atomic E-state index is 11.8. The maximum Gasteiger partial charge on any atom is 0.303 e. The summed E-state index contributed by atoms with van der Waals surface area (Å²) in [4.78, 5) is 24.2. The standard InChI is InChI=1S/C12H21NO3/c1-3-9(2)6-11(14)13-5-4-10(8-13)7-12(15)16/h9-10H,3-8H2,1-2H3,(H,15,16). The topological polar surface area (TPSA) is 57.6 Å². The third kappa shape index (κ3) is 3.83. The first-order valence-corrected chi connectivity index (χ1v) is 6.02. The summed E-state index contributed by atoms with van der Waals surface area (Å²) in [5.74, 6) is -0.00660. The maximum absolute atomic E-state index is 11.8. The van der Waals surface area contributed by atoms with Crippen molar-refractivity contribution in [3.63, 3.8) is 0 Å². The first kappa shape index (κ1) is 13.0. The summed E-state index contributed by atoms with van der Waals surface area (Å²) >= 11 is 0. The summed E-state index contributed by atoms with van der Waals surface area (Å²) < 4.78 is 0. The number of carboxylic acid groups (broad SMARTS) is 1. The lowest BCUT2D eigenvalue weighted by atomic mass is 10.0. The van der Waals surface area contributed by atoms with Gasteiger partial charge in [0.1, 0.15) is 0 Å². The minimum Gasteiger partial charge on any atom is -0.481 e. The Labute approximate surface area is 96.6 Å². The van der Waals surface area contributed by atoms with Crippen LogP contribution in [0.5, 0.6) is 0 Å². The summed E-state index contributed by atoms with van der Waals surface area (Å²) in [7, 11) is 0.